The van der Waals surface area contributed by atoms with Gasteiger partial charge >= 0.3 is 0 Å². The zero-order valence-electron chi connectivity index (χ0n) is 8.37. The molecule has 0 atom stereocenters. The third-order valence-corrected chi connectivity index (χ3v) is 2.61. The van der Waals surface area contributed by atoms with Crippen molar-refractivity contribution in [2.24, 2.45) is 0 Å². The molecule has 1 aliphatic rings. The number of rotatable bonds is 1. The predicted octanol–water partition coefficient (Wildman–Crippen LogP) is 1.64. The number of hydrogen-bond acceptors (Lipinski definition) is 2. The van der Waals surface area contributed by atoms with Gasteiger partial charge in [0.25, 0.3) is 5.91 Å². The van der Waals surface area contributed by atoms with Gasteiger partial charge in [0, 0.05) is 18.8 Å². The molecule has 1 saturated heterocycles. The Kier molecular flexibility index (Phi) is 2.58. The molecule has 1 fully saturated rings. The van der Waals surface area contributed by atoms with Crippen LogP contribution in [0, 0.1) is 5.82 Å². The van der Waals surface area contributed by atoms with Gasteiger partial charge in [0.2, 0.25) is 0 Å². The van der Waals surface area contributed by atoms with Crippen LogP contribution < -0.4 is 5.73 Å². The smallest absolute Gasteiger partial charge is 0.256 e. The first kappa shape index (κ1) is 9.96. The van der Waals surface area contributed by atoms with Crippen molar-refractivity contribution in [3.63, 3.8) is 0 Å². The SMILES string of the molecule is Nc1ccc(F)c(C(=O)N2CCCC2)c1. The zero-order chi connectivity index (χ0) is 10.8. The first-order chi connectivity index (χ1) is 7.18. The minimum Gasteiger partial charge on any atom is -0.399 e. The van der Waals surface area contributed by atoms with Crippen LogP contribution in [0.2, 0.25) is 0 Å². The number of amides is 1. The summed E-state index contributed by atoms with van der Waals surface area (Å²) in [6.45, 7) is 1.43. The van der Waals surface area contributed by atoms with Crippen LogP contribution in [0.1, 0.15) is 23.2 Å². The Labute approximate surface area is 87.7 Å². The van der Waals surface area contributed by atoms with Crippen molar-refractivity contribution in [2.45, 2.75) is 12.8 Å². The van der Waals surface area contributed by atoms with Crippen molar-refractivity contribution in [3.8, 4) is 0 Å². The van der Waals surface area contributed by atoms with Gasteiger partial charge < -0.3 is 10.6 Å². The van der Waals surface area contributed by atoms with Crippen molar-refractivity contribution in [1.82, 2.24) is 4.90 Å². The van der Waals surface area contributed by atoms with E-state index in [0.717, 1.165) is 12.8 Å². The van der Waals surface area contributed by atoms with Crippen LogP contribution in [-0.4, -0.2) is 23.9 Å². The van der Waals surface area contributed by atoms with Gasteiger partial charge in [-0.15, -0.1) is 0 Å². The second-order valence-electron chi connectivity index (χ2n) is 3.74. The first-order valence-electron chi connectivity index (χ1n) is 5.03. The topological polar surface area (TPSA) is 46.3 Å². The summed E-state index contributed by atoms with van der Waals surface area (Å²) < 4.78 is 13.4. The minimum absolute atomic E-state index is 0.0805. The van der Waals surface area contributed by atoms with Gasteiger partial charge in [-0.1, -0.05) is 0 Å². The molecule has 0 aromatic heterocycles. The second-order valence-corrected chi connectivity index (χ2v) is 3.74. The van der Waals surface area contributed by atoms with Gasteiger partial charge in [-0.05, 0) is 31.0 Å². The monoisotopic (exact) mass is 208 g/mol. The summed E-state index contributed by atoms with van der Waals surface area (Å²) in [6.07, 6.45) is 1.99. The summed E-state index contributed by atoms with van der Waals surface area (Å²) in [7, 11) is 0. The van der Waals surface area contributed by atoms with Crippen molar-refractivity contribution in [1.29, 1.82) is 0 Å². The molecule has 1 heterocycles. The molecule has 80 valence electrons. The van der Waals surface area contributed by atoms with E-state index in [9.17, 15) is 9.18 Å². The molecular formula is C11H13FN2O. The van der Waals surface area contributed by atoms with Crippen LogP contribution in [0.3, 0.4) is 0 Å². The Morgan fingerprint density at radius 3 is 2.67 bits per heavy atom. The molecule has 0 bridgehead atoms. The van der Waals surface area contributed by atoms with Gasteiger partial charge in [0.1, 0.15) is 5.82 Å². The third kappa shape index (κ3) is 1.93. The lowest BCUT2D eigenvalue weighted by Gasteiger charge is -2.15. The van der Waals surface area contributed by atoms with Gasteiger partial charge in [-0.2, -0.15) is 0 Å². The average molecular weight is 208 g/mol. The quantitative estimate of drug-likeness (QED) is 0.713. The normalized spacial score (nSPS) is 15.7. The standard InChI is InChI=1S/C11H13FN2O/c12-10-4-3-8(13)7-9(10)11(15)14-5-1-2-6-14/h3-4,7H,1-2,5-6,13H2. The Bertz CT molecular complexity index is 386. The maximum Gasteiger partial charge on any atom is 0.256 e. The maximum absolute atomic E-state index is 13.4. The number of nitrogens with zero attached hydrogens (tertiary/aromatic N) is 1. The highest BCUT2D eigenvalue weighted by Crippen LogP contribution is 2.17. The summed E-state index contributed by atoms with van der Waals surface area (Å²) in [5.41, 5.74) is 6.02. The van der Waals surface area contributed by atoms with Crippen LogP contribution in [-0.2, 0) is 0 Å². The first-order valence-corrected chi connectivity index (χ1v) is 5.03. The van der Waals surface area contributed by atoms with E-state index in [2.05, 4.69) is 0 Å². The lowest BCUT2D eigenvalue weighted by atomic mass is 10.1. The molecule has 0 unspecified atom stereocenters. The Balaban J connectivity index is 2.27. The lowest BCUT2D eigenvalue weighted by molar-refractivity contribution is 0.0788. The number of benzene rings is 1. The van der Waals surface area contributed by atoms with E-state index in [-0.39, 0.29) is 11.5 Å². The molecule has 3 nitrogen and oxygen atoms in total. The molecule has 2 rings (SSSR count). The number of halogens is 1. The van der Waals surface area contributed by atoms with E-state index in [1.807, 2.05) is 0 Å². The highest BCUT2D eigenvalue weighted by atomic mass is 19.1. The third-order valence-electron chi connectivity index (χ3n) is 2.61. The second kappa shape index (κ2) is 3.88. The van der Waals surface area contributed by atoms with Crippen LogP contribution in [0.4, 0.5) is 10.1 Å². The van der Waals surface area contributed by atoms with E-state index < -0.39 is 5.82 Å². The summed E-state index contributed by atoms with van der Waals surface area (Å²) in [6, 6.07) is 4.09. The predicted molar refractivity (Wildman–Crippen MR) is 55.9 cm³/mol. The highest BCUT2D eigenvalue weighted by Gasteiger charge is 2.22. The summed E-state index contributed by atoms with van der Waals surface area (Å²) in [5, 5.41) is 0. The van der Waals surface area contributed by atoms with Gasteiger partial charge in [-0.3, -0.25) is 4.79 Å². The molecule has 4 heteroatoms. The van der Waals surface area contributed by atoms with Crippen molar-refractivity contribution in [3.05, 3.63) is 29.6 Å². The Morgan fingerprint density at radius 2 is 2.00 bits per heavy atom. The summed E-state index contributed by atoms with van der Waals surface area (Å²) >= 11 is 0. The van der Waals surface area contributed by atoms with Crippen LogP contribution in [0.15, 0.2) is 18.2 Å². The number of carbonyl (C=O) groups excluding carboxylic acids is 1. The fourth-order valence-electron chi connectivity index (χ4n) is 1.80. The molecule has 2 N–H and O–H groups in total. The van der Waals surface area contributed by atoms with Crippen molar-refractivity contribution in [2.75, 3.05) is 18.8 Å². The molecular weight excluding hydrogens is 195 g/mol. The van der Waals surface area contributed by atoms with E-state index in [1.165, 1.54) is 18.2 Å². The summed E-state index contributed by atoms with van der Waals surface area (Å²) in [5.74, 6) is -0.751. The molecule has 1 aromatic rings. The minimum atomic E-state index is -0.499. The van der Waals surface area contributed by atoms with Crippen LogP contribution in [0.5, 0.6) is 0 Å². The molecule has 1 aromatic carbocycles. The number of nitrogens with two attached hydrogens (primary N) is 1. The molecule has 0 aliphatic carbocycles. The van der Waals surface area contributed by atoms with E-state index in [1.54, 1.807) is 4.90 Å². The number of hydrogen-bond donors (Lipinski definition) is 1. The molecule has 0 spiro atoms. The molecule has 1 aliphatic heterocycles. The highest BCUT2D eigenvalue weighted by molar-refractivity contribution is 5.95. The fourth-order valence-corrected chi connectivity index (χ4v) is 1.80. The molecule has 0 radical (unpaired) electrons. The number of likely N-dealkylation sites (tertiary alicyclic amines) is 1. The fraction of sp³-hybridized carbons (Fsp3) is 0.364. The largest absolute Gasteiger partial charge is 0.399 e. The van der Waals surface area contributed by atoms with Gasteiger partial charge in [-0.25, -0.2) is 4.39 Å². The molecule has 0 saturated carbocycles. The van der Waals surface area contributed by atoms with E-state index in [0.29, 0.717) is 18.8 Å². The zero-order valence-corrected chi connectivity index (χ0v) is 8.37. The molecule has 1 amide bonds. The van der Waals surface area contributed by atoms with Gasteiger partial charge in [0.05, 0.1) is 5.56 Å². The maximum atomic E-state index is 13.4. The Hall–Kier alpha value is -1.58. The Morgan fingerprint density at radius 1 is 1.33 bits per heavy atom. The van der Waals surface area contributed by atoms with E-state index >= 15 is 0 Å². The molecule has 15 heavy (non-hydrogen) atoms. The van der Waals surface area contributed by atoms with Crippen molar-refractivity contribution < 1.29 is 9.18 Å². The average Bonchev–Trinajstić information content (AvgIpc) is 2.74. The summed E-state index contributed by atoms with van der Waals surface area (Å²) in [4.78, 5) is 13.5. The lowest BCUT2D eigenvalue weighted by Crippen LogP contribution is -2.28. The van der Waals surface area contributed by atoms with Crippen molar-refractivity contribution >= 4 is 11.6 Å². The van der Waals surface area contributed by atoms with Gasteiger partial charge in [0.15, 0.2) is 0 Å². The number of carbonyl (C=O) groups is 1. The van der Waals surface area contributed by atoms with E-state index in [4.69, 9.17) is 5.73 Å². The van der Waals surface area contributed by atoms with Crippen LogP contribution in [0.25, 0.3) is 0 Å². The number of anilines is 1. The number of nitrogen functional groups attached to an aromatic ring is 1. The van der Waals surface area contributed by atoms with Crippen LogP contribution >= 0.6 is 0 Å².